The van der Waals surface area contributed by atoms with Crippen LogP contribution in [0.5, 0.6) is 0 Å². The van der Waals surface area contributed by atoms with Gasteiger partial charge in [-0.1, -0.05) is 17.7 Å². The lowest BCUT2D eigenvalue weighted by atomic mass is 10.0. The normalized spacial score (nSPS) is 22.6. The summed E-state index contributed by atoms with van der Waals surface area (Å²) in [5.41, 5.74) is 0.609. The van der Waals surface area contributed by atoms with Gasteiger partial charge in [0, 0.05) is 0 Å². The first kappa shape index (κ1) is 13.8. The Morgan fingerprint density at radius 2 is 2.11 bits per heavy atom. The predicted octanol–water partition coefficient (Wildman–Crippen LogP) is 3.25. The Bertz CT molecular complexity index is 535. The summed E-state index contributed by atoms with van der Waals surface area (Å²) >= 11 is 5.71. The molecule has 1 amide bonds. The molecule has 1 aliphatic rings. The third-order valence-corrected chi connectivity index (χ3v) is 3.69. The fraction of sp³-hybridized carbons (Fsp3) is 0.385. The number of carboxylic acid groups (broad SMARTS) is 1. The van der Waals surface area contributed by atoms with E-state index in [1.807, 2.05) is 0 Å². The van der Waals surface area contributed by atoms with E-state index in [2.05, 4.69) is 0 Å². The van der Waals surface area contributed by atoms with Gasteiger partial charge in [0.2, 0.25) is 0 Å². The number of rotatable bonds is 2. The van der Waals surface area contributed by atoms with Crippen LogP contribution in [0.3, 0.4) is 0 Å². The van der Waals surface area contributed by atoms with E-state index >= 15 is 0 Å². The van der Waals surface area contributed by atoms with Crippen molar-refractivity contribution in [3.8, 4) is 0 Å². The van der Waals surface area contributed by atoms with Crippen LogP contribution in [0.2, 0.25) is 5.02 Å². The lowest BCUT2D eigenvalue weighted by Gasteiger charge is -2.26. The van der Waals surface area contributed by atoms with E-state index in [0.29, 0.717) is 18.4 Å². The molecule has 0 aliphatic carbocycles. The van der Waals surface area contributed by atoms with E-state index in [1.54, 1.807) is 0 Å². The second kappa shape index (κ2) is 5.17. The zero-order valence-electron chi connectivity index (χ0n) is 10.3. The minimum absolute atomic E-state index is 0.0471. The van der Waals surface area contributed by atoms with Crippen molar-refractivity contribution < 1.29 is 19.1 Å². The third kappa shape index (κ3) is 2.56. The van der Waals surface area contributed by atoms with Crippen molar-refractivity contribution in [1.82, 2.24) is 4.90 Å². The molecule has 102 valence electrons. The van der Waals surface area contributed by atoms with E-state index in [9.17, 15) is 19.1 Å². The van der Waals surface area contributed by atoms with Gasteiger partial charge in [-0.25, -0.2) is 9.18 Å². The number of ketones is 1. The van der Waals surface area contributed by atoms with Crippen molar-refractivity contribution in [1.29, 1.82) is 0 Å². The largest absolute Gasteiger partial charge is 0.465 e. The van der Waals surface area contributed by atoms with Crippen LogP contribution in [0.25, 0.3) is 0 Å². The highest BCUT2D eigenvalue weighted by molar-refractivity contribution is 6.30. The minimum Gasteiger partial charge on any atom is -0.465 e. The molecule has 1 heterocycles. The second-order valence-electron chi connectivity index (χ2n) is 4.58. The van der Waals surface area contributed by atoms with Gasteiger partial charge in [-0.05, 0) is 37.5 Å². The average Bonchev–Trinajstić information content (AvgIpc) is 2.77. The molecule has 0 spiro atoms. The molecule has 1 aromatic carbocycles. The maximum absolute atomic E-state index is 13.1. The first-order valence-electron chi connectivity index (χ1n) is 5.88. The molecule has 0 saturated carbocycles. The number of likely N-dealkylation sites (tertiary alicyclic amines) is 1. The highest BCUT2D eigenvalue weighted by Crippen LogP contribution is 2.37. The summed E-state index contributed by atoms with van der Waals surface area (Å²) in [6.45, 7) is 1.38. The summed E-state index contributed by atoms with van der Waals surface area (Å²) in [5.74, 6) is -0.730. The molecule has 19 heavy (non-hydrogen) atoms. The molecule has 2 rings (SSSR count). The Morgan fingerprint density at radius 1 is 1.42 bits per heavy atom. The van der Waals surface area contributed by atoms with Gasteiger partial charge in [-0.2, -0.15) is 0 Å². The Kier molecular flexibility index (Phi) is 3.75. The summed E-state index contributed by atoms with van der Waals surface area (Å²) in [4.78, 5) is 23.9. The molecule has 0 aromatic heterocycles. The summed E-state index contributed by atoms with van der Waals surface area (Å²) in [5, 5.41) is 9.21. The number of benzene rings is 1. The maximum atomic E-state index is 13.1. The van der Waals surface area contributed by atoms with E-state index in [-0.39, 0.29) is 10.8 Å². The summed E-state index contributed by atoms with van der Waals surface area (Å²) in [6, 6.07) is 3.04. The van der Waals surface area contributed by atoms with Crippen molar-refractivity contribution in [2.24, 2.45) is 0 Å². The number of amides is 1. The number of Topliss-reactive ketones (excluding diaryl/α,β-unsaturated/α-hetero) is 1. The zero-order valence-corrected chi connectivity index (χ0v) is 11.0. The monoisotopic (exact) mass is 285 g/mol. The zero-order chi connectivity index (χ0) is 14.2. The molecule has 2 atom stereocenters. The van der Waals surface area contributed by atoms with Crippen LogP contribution in [-0.2, 0) is 4.79 Å². The molecule has 0 unspecified atom stereocenters. The number of carbonyl (C=O) groups excluding carboxylic acids is 1. The van der Waals surface area contributed by atoms with E-state index in [4.69, 9.17) is 11.6 Å². The Morgan fingerprint density at radius 3 is 2.63 bits per heavy atom. The number of hydrogen-bond acceptors (Lipinski definition) is 2. The molecule has 6 heteroatoms. The first-order chi connectivity index (χ1) is 8.91. The van der Waals surface area contributed by atoms with E-state index in [0.717, 1.165) is 4.90 Å². The molecule has 1 saturated heterocycles. The lowest BCUT2D eigenvalue weighted by molar-refractivity contribution is -0.121. The van der Waals surface area contributed by atoms with Crippen molar-refractivity contribution in [2.45, 2.75) is 31.8 Å². The van der Waals surface area contributed by atoms with Crippen LogP contribution in [0.15, 0.2) is 18.2 Å². The SMILES string of the molecule is CC(=O)[C@H]1CC[C@@H](c2ccc(F)c(Cl)c2)N1C(=O)O. The van der Waals surface area contributed by atoms with Gasteiger partial charge in [-0.3, -0.25) is 9.69 Å². The highest BCUT2D eigenvalue weighted by Gasteiger charge is 2.40. The summed E-state index contributed by atoms with van der Waals surface area (Å²) < 4.78 is 13.1. The number of hydrogen-bond donors (Lipinski definition) is 1. The topological polar surface area (TPSA) is 57.6 Å². The van der Waals surface area contributed by atoms with Crippen molar-refractivity contribution in [2.75, 3.05) is 0 Å². The average molecular weight is 286 g/mol. The lowest BCUT2D eigenvalue weighted by Crippen LogP contribution is -2.40. The predicted molar refractivity (Wildman–Crippen MR) is 67.7 cm³/mol. The molecule has 1 aromatic rings. The summed E-state index contributed by atoms with van der Waals surface area (Å²) in [7, 11) is 0. The van der Waals surface area contributed by atoms with Gasteiger partial charge < -0.3 is 5.11 Å². The molecule has 1 fully saturated rings. The highest BCUT2D eigenvalue weighted by atomic mass is 35.5. The van der Waals surface area contributed by atoms with Crippen LogP contribution in [0, 0.1) is 5.82 Å². The quantitative estimate of drug-likeness (QED) is 0.907. The van der Waals surface area contributed by atoms with Crippen molar-refractivity contribution in [3.63, 3.8) is 0 Å². The van der Waals surface area contributed by atoms with Gasteiger partial charge >= 0.3 is 6.09 Å². The smallest absolute Gasteiger partial charge is 0.408 e. The number of halogens is 2. The number of carbonyl (C=O) groups is 2. The fourth-order valence-corrected chi connectivity index (χ4v) is 2.71. The number of nitrogens with zero attached hydrogens (tertiary/aromatic N) is 1. The van der Waals surface area contributed by atoms with Crippen LogP contribution in [-0.4, -0.2) is 27.9 Å². The maximum Gasteiger partial charge on any atom is 0.408 e. The van der Waals surface area contributed by atoms with Gasteiger partial charge in [0.25, 0.3) is 0 Å². The molecular formula is C13H13ClFNO3. The molecule has 4 nitrogen and oxygen atoms in total. The van der Waals surface area contributed by atoms with Crippen LogP contribution >= 0.6 is 11.6 Å². The van der Waals surface area contributed by atoms with Crippen LogP contribution in [0.4, 0.5) is 9.18 Å². The third-order valence-electron chi connectivity index (χ3n) is 3.40. The molecule has 1 N–H and O–H groups in total. The standard InChI is InChI=1S/C13H13ClFNO3/c1-7(17)11-4-5-12(16(11)13(18)19)8-2-3-10(15)9(14)6-8/h2-3,6,11-12H,4-5H2,1H3,(H,18,19)/t11-,12+/m1/s1. The van der Waals surface area contributed by atoms with Crippen molar-refractivity contribution in [3.05, 3.63) is 34.6 Å². The fourth-order valence-electron chi connectivity index (χ4n) is 2.52. The van der Waals surface area contributed by atoms with E-state index in [1.165, 1.54) is 25.1 Å². The van der Waals surface area contributed by atoms with Crippen molar-refractivity contribution >= 4 is 23.5 Å². The van der Waals surface area contributed by atoms with Gasteiger partial charge in [0.1, 0.15) is 5.82 Å². The van der Waals surface area contributed by atoms with Crippen LogP contribution in [0.1, 0.15) is 31.4 Å². The van der Waals surface area contributed by atoms with Gasteiger partial charge in [0.15, 0.2) is 5.78 Å². The molecular weight excluding hydrogens is 273 g/mol. The molecule has 0 bridgehead atoms. The van der Waals surface area contributed by atoms with Gasteiger partial charge in [-0.15, -0.1) is 0 Å². The first-order valence-corrected chi connectivity index (χ1v) is 6.26. The Balaban J connectivity index is 2.35. The Labute approximate surface area is 114 Å². The molecule has 0 radical (unpaired) electrons. The summed E-state index contributed by atoms with van der Waals surface area (Å²) in [6.07, 6.45) is -0.150. The minimum atomic E-state index is -1.15. The van der Waals surface area contributed by atoms with E-state index < -0.39 is 24.0 Å². The molecule has 1 aliphatic heterocycles. The van der Waals surface area contributed by atoms with Gasteiger partial charge in [0.05, 0.1) is 17.1 Å². The second-order valence-corrected chi connectivity index (χ2v) is 4.99. The van der Waals surface area contributed by atoms with Crippen LogP contribution < -0.4 is 0 Å². The Hall–Kier alpha value is -1.62.